The number of aromatic nitrogens is 2. The standard InChI is InChI=1S/C16H14N2O3S2/c1-20-13-5-3-2-4-11(13)8-21-14(19)9-23-16-12-6-7-22-15(12)17-10-18-16/h2-7,10H,8-9H2,1H3. The van der Waals surface area contributed by atoms with E-state index in [4.69, 9.17) is 9.47 Å². The van der Waals surface area contributed by atoms with Crippen LogP contribution in [0.5, 0.6) is 5.75 Å². The molecule has 118 valence electrons. The van der Waals surface area contributed by atoms with E-state index in [-0.39, 0.29) is 18.3 Å². The van der Waals surface area contributed by atoms with Crippen molar-refractivity contribution in [2.45, 2.75) is 11.6 Å². The summed E-state index contributed by atoms with van der Waals surface area (Å²) in [6.45, 7) is 0.195. The highest BCUT2D eigenvalue weighted by molar-refractivity contribution is 8.00. The first-order chi connectivity index (χ1) is 11.3. The molecule has 23 heavy (non-hydrogen) atoms. The van der Waals surface area contributed by atoms with Crippen molar-refractivity contribution in [2.75, 3.05) is 12.9 Å². The number of fused-ring (bicyclic) bond motifs is 1. The predicted molar refractivity (Wildman–Crippen MR) is 90.9 cm³/mol. The minimum Gasteiger partial charge on any atom is -0.496 e. The SMILES string of the molecule is COc1ccccc1COC(=O)CSc1ncnc2sccc12. The second-order valence-electron chi connectivity index (χ2n) is 4.58. The van der Waals surface area contributed by atoms with Crippen molar-refractivity contribution in [1.29, 1.82) is 0 Å². The van der Waals surface area contributed by atoms with Crippen LogP contribution in [-0.4, -0.2) is 28.8 Å². The molecule has 7 heteroatoms. The van der Waals surface area contributed by atoms with Gasteiger partial charge in [-0.15, -0.1) is 11.3 Å². The molecule has 5 nitrogen and oxygen atoms in total. The van der Waals surface area contributed by atoms with Crippen LogP contribution in [0.25, 0.3) is 10.2 Å². The fraction of sp³-hybridized carbons (Fsp3) is 0.188. The van der Waals surface area contributed by atoms with Crippen LogP contribution in [0.1, 0.15) is 5.56 Å². The third kappa shape index (κ3) is 3.80. The molecule has 0 N–H and O–H groups in total. The van der Waals surface area contributed by atoms with E-state index in [1.165, 1.54) is 18.1 Å². The van der Waals surface area contributed by atoms with Gasteiger partial charge in [-0.05, 0) is 17.5 Å². The summed E-state index contributed by atoms with van der Waals surface area (Å²) in [5.74, 6) is 0.628. The molecule has 0 atom stereocenters. The molecule has 3 aromatic rings. The van der Waals surface area contributed by atoms with Crippen molar-refractivity contribution in [3.63, 3.8) is 0 Å². The van der Waals surface area contributed by atoms with Crippen LogP contribution in [0, 0.1) is 0 Å². The molecule has 0 aliphatic rings. The Morgan fingerprint density at radius 2 is 2.13 bits per heavy atom. The second-order valence-corrected chi connectivity index (χ2v) is 6.44. The van der Waals surface area contributed by atoms with Crippen molar-refractivity contribution < 1.29 is 14.3 Å². The Hall–Kier alpha value is -2.12. The maximum absolute atomic E-state index is 11.9. The molecule has 0 unspecified atom stereocenters. The van der Waals surface area contributed by atoms with E-state index in [9.17, 15) is 4.79 Å². The lowest BCUT2D eigenvalue weighted by Gasteiger charge is -2.09. The van der Waals surface area contributed by atoms with Gasteiger partial charge in [-0.2, -0.15) is 0 Å². The third-order valence-corrected chi connectivity index (χ3v) is 4.93. The molecule has 0 saturated carbocycles. The summed E-state index contributed by atoms with van der Waals surface area (Å²) in [6.07, 6.45) is 1.52. The van der Waals surface area contributed by atoms with E-state index < -0.39 is 0 Å². The fourth-order valence-corrected chi connectivity index (χ4v) is 3.61. The number of methoxy groups -OCH3 is 1. The number of rotatable bonds is 6. The Bertz CT molecular complexity index is 820. The molecule has 0 bridgehead atoms. The summed E-state index contributed by atoms with van der Waals surface area (Å²) in [5, 5.41) is 3.73. The topological polar surface area (TPSA) is 61.3 Å². The number of carbonyl (C=O) groups is 1. The quantitative estimate of drug-likeness (QED) is 0.386. The summed E-state index contributed by atoms with van der Waals surface area (Å²) in [6, 6.07) is 9.43. The first kappa shape index (κ1) is 15.8. The van der Waals surface area contributed by atoms with Gasteiger partial charge in [0.25, 0.3) is 0 Å². The zero-order valence-corrected chi connectivity index (χ0v) is 14.0. The van der Waals surface area contributed by atoms with Gasteiger partial charge in [-0.3, -0.25) is 4.79 Å². The molecule has 2 aromatic heterocycles. The Kier molecular flexibility index (Phi) is 5.09. The lowest BCUT2D eigenvalue weighted by Crippen LogP contribution is -2.08. The number of hydrogen-bond acceptors (Lipinski definition) is 7. The van der Waals surface area contributed by atoms with Crippen LogP contribution in [0.2, 0.25) is 0 Å². The van der Waals surface area contributed by atoms with E-state index in [2.05, 4.69) is 9.97 Å². The smallest absolute Gasteiger partial charge is 0.316 e. The van der Waals surface area contributed by atoms with Crippen molar-refractivity contribution in [1.82, 2.24) is 9.97 Å². The van der Waals surface area contributed by atoms with Gasteiger partial charge in [-0.25, -0.2) is 9.97 Å². The van der Waals surface area contributed by atoms with Gasteiger partial charge in [0.2, 0.25) is 0 Å². The molecule has 0 saturated heterocycles. The first-order valence-electron chi connectivity index (χ1n) is 6.86. The van der Waals surface area contributed by atoms with Crippen molar-refractivity contribution in [3.8, 4) is 5.75 Å². The molecule has 2 heterocycles. The number of hydrogen-bond donors (Lipinski definition) is 0. The van der Waals surface area contributed by atoms with Gasteiger partial charge in [0, 0.05) is 10.9 Å². The van der Waals surface area contributed by atoms with Crippen molar-refractivity contribution in [3.05, 3.63) is 47.6 Å². The number of thioether (sulfide) groups is 1. The van der Waals surface area contributed by atoms with Crippen molar-refractivity contribution in [2.24, 2.45) is 0 Å². The van der Waals surface area contributed by atoms with Gasteiger partial charge in [0.15, 0.2) is 0 Å². The summed E-state index contributed by atoms with van der Waals surface area (Å²) in [4.78, 5) is 21.3. The zero-order chi connectivity index (χ0) is 16.1. The van der Waals surface area contributed by atoms with Gasteiger partial charge < -0.3 is 9.47 Å². The molecule has 3 rings (SSSR count). The van der Waals surface area contributed by atoms with Gasteiger partial charge in [0.05, 0.1) is 12.9 Å². The van der Waals surface area contributed by atoms with Crippen LogP contribution in [-0.2, 0) is 16.1 Å². The van der Waals surface area contributed by atoms with Crippen molar-refractivity contribution >= 4 is 39.3 Å². The number of para-hydroxylation sites is 1. The Morgan fingerprint density at radius 3 is 3.00 bits per heavy atom. The van der Waals surface area contributed by atoms with E-state index in [0.717, 1.165) is 20.8 Å². The van der Waals surface area contributed by atoms with Gasteiger partial charge in [-0.1, -0.05) is 30.0 Å². The minimum atomic E-state index is -0.289. The summed E-state index contributed by atoms with van der Waals surface area (Å²) in [7, 11) is 1.59. The number of nitrogens with zero attached hydrogens (tertiary/aromatic N) is 2. The molecular weight excluding hydrogens is 332 g/mol. The van der Waals surface area contributed by atoms with E-state index in [1.807, 2.05) is 35.7 Å². The maximum Gasteiger partial charge on any atom is 0.316 e. The second kappa shape index (κ2) is 7.43. The number of carbonyl (C=O) groups excluding carboxylic acids is 1. The van der Waals surface area contributed by atoms with E-state index in [0.29, 0.717) is 5.75 Å². The summed E-state index contributed by atoms with van der Waals surface area (Å²) >= 11 is 2.91. The van der Waals surface area contributed by atoms with Gasteiger partial charge >= 0.3 is 5.97 Å². The highest BCUT2D eigenvalue weighted by Crippen LogP contribution is 2.27. The van der Waals surface area contributed by atoms with E-state index >= 15 is 0 Å². The van der Waals surface area contributed by atoms with Crippen LogP contribution in [0.15, 0.2) is 47.1 Å². The normalized spacial score (nSPS) is 10.7. The third-order valence-electron chi connectivity index (χ3n) is 3.13. The van der Waals surface area contributed by atoms with Crippen LogP contribution in [0.4, 0.5) is 0 Å². The maximum atomic E-state index is 11.9. The number of esters is 1. The number of thiophene rings is 1. The van der Waals surface area contributed by atoms with Crippen LogP contribution >= 0.6 is 23.1 Å². The highest BCUT2D eigenvalue weighted by Gasteiger charge is 2.10. The van der Waals surface area contributed by atoms with Gasteiger partial charge in [0.1, 0.15) is 28.5 Å². The summed E-state index contributed by atoms with van der Waals surface area (Å²) < 4.78 is 10.5. The average Bonchev–Trinajstić information content (AvgIpc) is 3.07. The molecule has 0 radical (unpaired) electrons. The first-order valence-corrected chi connectivity index (χ1v) is 8.73. The lowest BCUT2D eigenvalue weighted by molar-refractivity contribution is -0.141. The molecule has 0 fully saturated rings. The molecule has 0 amide bonds. The highest BCUT2D eigenvalue weighted by atomic mass is 32.2. The van der Waals surface area contributed by atoms with Crippen LogP contribution in [0.3, 0.4) is 0 Å². The largest absolute Gasteiger partial charge is 0.496 e. The average molecular weight is 346 g/mol. The molecule has 0 spiro atoms. The molecular formula is C16H14N2O3S2. The Labute approximate surface area is 141 Å². The summed E-state index contributed by atoms with van der Waals surface area (Å²) in [5.41, 5.74) is 0.843. The fourth-order valence-electron chi connectivity index (χ4n) is 2.03. The number of ether oxygens (including phenoxy) is 2. The molecule has 1 aromatic carbocycles. The monoisotopic (exact) mass is 346 g/mol. The minimum absolute atomic E-state index is 0.195. The molecule has 0 aliphatic heterocycles. The van der Waals surface area contributed by atoms with Crippen LogP contribution < -0.4 is 4.74 Å². The Morgan fingerprint density at radius 1 is 1.26 bits per heavy atom. The molecule has 0 aliphatic carbocycles. The van der Waals surface area contributed by atoms with E-state index in [1.54, 1.807) is 18.4 Å². The lowest BCUT2D eigenvalue weighted by atomic mass is 10.2. The number of benzene rings is 1. The zero-order valence-electron chi connectivity index (χ0n) is 12.4. The predicted octanol–water partition coefficient (Wildman–Crippen LogP) is 3.54. The Balaban J connectivity index is 1.57.